The highest BCUT2D eigenvalue weighted by molar-refractivity contribution is 6.42. The average Bonchev–Trinajstić information content (AvgIpc) is 1.35. The minimum absolute atomic E-state index is 0.498. The third kappa shape index (κ3) is 3.93. The predicted octanol–water partition coefficient (Wildman–Crippen LogP) is -2.20. The van der Waals surface area contributed by atoms with Crippen molar-refractivity contribution in [3.05, 3.63) is 11.9 Å². The maximum Gasteiger partial charge on any atom is 0.194 e. The Morgan fingerprint density at radius 2 is 2.50 bits per heavy atom. The highest BCUT2D eigenvalue weighted by Crippen LogP contribution is 1.67. The first-order valence-electron chi connectivity index (χ1n) is 1.69. The first kappa shape index (κ1) is 5.93. The Morgan fingerprint density at radius 3 is 2.50 bits per heavy atom. The van der Waals surface area contributed by atoms with Gasteiger partial charge < -0.3 is 9.85 Å². The van der Waals surface area contributed by atoms with Crippen LogP contribution in [-0.4, -0.2) is 20.2 Å². The molecule has 0 atom stereocenters. The first-order valence-corrected chi connectivity index (χ1v) is 3.79. The van der Waals surface area contributed by atoms with Crippen molar-refractivity contribution in [2.24, 2.45) is 5.73 Å². The third-order valence-electron chi connectivity index (χ3n) is 0.330. The Labute approximate surface area is 42.9 Å². The molecule has 0 radical (unpaired) electrons. The van der Waals surface area contributed by atoms with Crippen LogP contribution in [0.5, 0.6) is 0 Å². The molecule has 0 fully saturated rings. The summed E-state index contributed by atoms with van der Waals surface area (Å²) in [5, 5.41) is 0.741. The molecule has 0 bridgehead atoms. The van der Waals surface area contributed by atoms with Crippen LogP contribution in [0.4, 0.5) is 0 Å². The van der Waals surface area contributed by atoms with Gasteiger partial charge in [0.1, 0.15) is 10.5 Å². The molecule has 0 unspecified atom stereocenters. The van der Waals surface area contributed by atoms with Crippen molar-refractivity contribution in [1.29, 1.82) is 0 Å². The molecule has 0 aliphatic rings. The molecule has 6 heavy (non-hydrogen) atoms. The summed E-state index contributed by atoms with van der Waals surface area (Å²) in [6, 6.07) is 0. The van der Waals surface area contributed by atoms with Gasteiger partial charge in [0, 0.05) is 5.32 Å². The smallest absolute Gasteiger partial charge is 0.194 e. The van der Waals surface area contributed by atoms with E-state index in [9.17, 15) is 0 Å². The molecule has 0 heterocycles. The highest BCUT2D eigenvalue weighted by Gasteiger charge is 1.78. The van der Waals surface area contributed by atoms with E-state index in [1.54, 1.807) is 0 Å². The van der Waals surface area contributed by atoms with Crippen LogP contribution in [0.2, 0.25) is 0 Å². The Hall–Kier alpha value is -0.0662. The van der Waals surface area contributed by atoms with E-state index < -0.39 is 9.76 Å². The lowest BCUT2D eigenvalue weighted by molar-refractivity contribution is 0.671. The standard InChI is InChI=1S/C2H9NOSi2/c1-2(3)6-4-5/h1,3,6H2,5H3. The summed E-state index contributed by atoms with van der Waals surface area (Å²) in [6.07, 6.45) is 0. The summed E-state index contributed by atoms with van der Waals surface area (Å²) in [4.78, 5) is 0. The molecule has 0 aliphatic heterocycles. The average molecular weight is 119 g/mol. The molecule has 0 aliphatic carbocycles. The summed E-state index contributed by atoms with van der Waals surface area (Å²) in [7, 11) is 0.309. The van der Waals surface area contributed by atoms with E-state index in [-0.39, 0.29) is 0 Å². The van der Waals surface area contributed by atoms with Crippen LogP contribution in [0.1, 0.15) is 0 Å². The lowest BCUT2D eigenvalue weighted by Crippen LogP contribution is -2.06. The van der Waals surface area contributed by atoms with Crippen LogP contribution in [0.25, 0.3) is 0 Å². The van der Waals surface area contributed by atoms with Crippen LogP contribution >= 0.6 is 0 Å². The lowest BCUT2D eigenvalue weighted by atomic mass is 11.1. The van der Waals surface area contributed by atoms with Crippen molar-refractivity contribution in [2.45, 2.75) is 0 Å². The summed E-state index contributed by atoms with van der Waals surface area (Å²) in [5.74, 6) is 0. The quantitative estimate of drug-likeness (QED) is 0.419. The van der Waals surface area contributed by atoms with Gasteiger partial charge in [-0.3, -0.25) is 0 Å². The Bertz CT molecular complexity index is 55.5. The second kappa shape index (κ2) is 3.14. The van der Waals surface area contributed by atoms with E-state index in [1.807, 2.05) is 0 Å². The summed E-state index contributed by atoms with van der Waals surface area (Å²) in [6.45, 7) is 3.48. The van der Waals surface area contributed by atoms with Crippen LogP contribution in [-0.2, 0) is 4.12 Å². The molecule has 2 nitrogen and oxygen atoms in total. The van der Waals surface area contributed by atoms with Crippen molar-refractivity contribution >= 4 is 20.2 Å². The van der Waals surface area contributed by atoms with Gasteiger partial charge in [0.2, 0.25) is 0 Å². The number of rotatable bonds is 2. The van der Waals surface area contributed by atoms with Gasteiger partial charge in [0.15, 0.2) is 9.76 Å². The van der Waals surface area contributed by atoms with Gasteiger partial charge >= 0.3 is 0 Å². The zero-order chi connectivity index (χ0) is 4.99. The van der Waals surface area contributed by atoms with Gasteiger partial charge in [-0.15, -0.1) is 0 Å². The van der Waals surface area contributed by atoms with E-state index >= 15 is 0 Å². The minimum atomic E-state index is -0.498. The maximum absolute atomic E-state index is 5.17. The number of nitrogens with two attached hydrogens (primary N) is 1. The Balaban J connectivity index is 2.83. The Kier molecular flexibility index (Phi) is 3.10. The molecule has 0 spiro atoms. The van der Waals surface area contributed by atoms with Crippen LogP contribution < -0.4 is 5.73 Å². The van der Waals surface area contributed by atoms with Crippen molar-refractivity contribution in [3.8, 4) is 0 Å². The molecule has 0 saturated heterocycles. The normalized spacial score (nSPS) is 10.7. The molecule has 0 aromatic heterocycles. The van der Waals surface area contributed by atoms with Gasteiger partial charge in [-0.25, -0.2) is 0 Å². The first-order chi connectivity index (χ1) is 2.77. The van der Waals surface area contributed by atoms with Crippen molar-refractivity contribution < 1.29 is 4.12 Å². The zero-order valence-corrected chi connectivity index (χ0v) is 7.31. The molecule has 4 heteroatoms. The number of hydrogen-bond donors (Lipinski definition) is 1. The topological polar surface area (TPSA) is 35.2 Å². The van der Waals surface area contributed by atoms with Crippen LogP contribution in [0.3, 0.4) is 0 Å². The molecule has 0 saturated carbocycles. The van der Waals surface area contributed by atoms with Gasteiger partial charge in [-0.1, -0.05) is 6.58 Å². The van der Waals surface area contributed by atoms with Gasteiger partial charge in [-0.05, 0) is 0 Å². The predicted molar refractivity (Wildman–Crippen MR) is 32.9 cm³/mol. The van der Waals surface area contributed by atoms with Crippen LogP contribution in [0.15, 0.2) is 11.9 Å². The fourth-order valence-electron chi connectivity index (χ4n) is 0.185. The fraction of sp³-hybridized carbons (Fsp3) is 0. The van der Waals surface area contributed by atoms with E-state index in [1.165, 1.54) is 0 Å². The Morgan fingerprint density at radius 1 is 2.00 bits per heavy atom. The molecule has 2 N–H and O–H groups in total. The van der Waals surface area contributed by atoms with E-state index in [2.05, 4.69) is 6.58 Å². The molecule has 0 aromatic carbocycles. The summed E-state index contributed by atoms with van der Waals surface area (Å²) in [5.41, 5.74) is 5.17. The van der Waals surface area contributed by atoms with Crippen LogP contribution in [0, 0.1) is 0 Å². The molecular formula is C2H9NOSi2. The van der Waals surface area contributed by atoms with Gasteiger partial charge in [0.05, 0.1) is 0 Å². The van der Waals surface area contributed by atoms with E-state index in [4.69, 9.17) is 9.85 Å². The molecule has 0 aromatic rings. The minimum Gasteiger partial charge on any atom is -0.464 e. The van der Waals surface area contributed by atoms with Gasteiger partial charge in [0.25, 0.3) is 0 Å². The third-order valence-corrected chi connectivity index (χ3v) is 1.86. The van der Waals surface area contributed by atoms with Crippen molar-refractivity contribution in [2.75, 3.05) is 0 Å². The fourth-order valence-corrected chi connectivity index (χ4v) is 1.67. The SMILES string of the molecule is C=C(N)[SiH2]O[SiH3]. The number of hydrogen-bond acceptors (Lipinski definition) is 2. The second-order valence-corrected chi connectivity index (χ2v) is 4.60. The molecule has 0 amide bonds. The molecule has 0 rings (SSSR count). The summed E-state index contributed by atoms with van der Waals surface area (Å²) >= 11 is 0. The van der Waals surface area contributed by atoms with Crippen molar-refractivity contribution in [1.82, 2.24) is 0 Å². The molecular weight excluding hydrogens is 110 g/mol. The largest absolute Gasteiger partial charge is 0.464 e. The van der Waals surface area contributed by atoms with Crippen molar-refractivity contribution in [3.63, 3.8) is 0 Å². The summed E-state index contributed by atoms with van der Waals surface area (Å²) < 4.78 is 4.86. The van der Waals surface area contributed by atoms with Gasteiger partial charge in [-0.2, -0.15) is 0 Å². The maximum atomic E-state index is 5.17. The monoisotopic (exact) mass is 119 g/mol. The van der Waals surface area contributed by atoms with E-state index in [0.717, 1.165) is 15.8 Å². The lowest BCUT2D eigenvalue weighted by Gasteiger charge is -1.90. The highest BCUT2D eigenvalue weighted by atomic mass is 28.3. The second-order valence-electron chi connectivity index (χ2n) is 1.09. The molecule has 36 valence electrons. The van der Waals surface area contributed by atoms with E-state index in [0.29, 0.717) is 0 Å². The zero-order valence-electron chi connectivity index (χ0n) is 3.90.